The molecular formula is C22H21ClF2N4O3S. The summed E-state index contributed by atoms with van der Waals surface area (Å²) < 4.78 is 61.8. The van der Waals surface area contributed by atoms with Gasteiger partial charge in [0.15, 0.2) is 11.6 Å². The molecule has 0 aliphatic carbocycles. The molecule has 7 nitrogen and oxygen atoms in total. The highest BCUT2D eigenvalue weighted by Gasteiger charge is 2.28. The van der Waals surface area contributed by atoms with Crippen molar-refractivity contribution in [3.05, 3.63) is 77.1 Å². The molecule has 0 amide bonds. The highest BCUT2D eigenvalue weighted by Crippen LogP contribution is 2.33. The first-order chi connectivity index (χ1) is 15.8. The molecule has 2 aromatic carbocycles. The van der Waals surface area contributed by atoms with Crippen LogP contribution in [0.2, 0.25) is 5.02 Å². The fraction of sp³-hybridized carbons (Fsp3) is 0.273. The van der Waals surface area contributed by atoms with Crippen LogP contribution in [0.3, 0.4) is 0 Å². The Labute approximate surface area is 195 Å². The number of hydrogen-bond acceptors (Lipinski definition) is 6. The van der Waals surface area contributed by atoms with Gasteiger partial charge in [0.2, 0.25) is 5.95 Å². The van der Waals surface area contributed by atoms with Crippen LogP contribution < -0.4 is 14.8 Å². The van der Waals surface area contributed by atoms with Gasteiger partial charge in [-0.1, -0.05) is 23.7 Å². The first-order valence-corrected chi connectivity index (χ1v) is 12.1. The van der Waals surface area contributed by atoms with Crippen LogP contribution >= 0.6 is 11.6 Å². The molecule has 1 fully saturated rings. The maximum Gasteiger partial charge on any atom is 0.267 e. The molecule has 3 aromatic rings. The molecule has 2 atom stereocenters. The Morgan fingerprint density at radius 1 is 1.12 bits per heavy atom. The molecule has 0 radical (unpaired) electrons. The number of sulfonamides is 1. The average molecular weight is 495 g/mol. The predicted octanol–water partition coefficient (Wildman–Crippen LogP) is 3.98. The van der Waals surface area contributed by atoms with Crippen molar-refractivity contribution in [3.63, 3.8) is 0 Å². The van der Waals surface area contributed by atoms with E-state index in [0.29, 0.717) is 17.6 Å². The first kappa shape index (κ1) is 23.3. The average Bonchev–Trinajstić information content (AvgIpc) is 2.80. The van der Waals surface area contributed by atoms with Gasteiger partial charge < -0.3 is 10.1 Å². The molecule has 1 aromatic heterocycles. The first-order valence-electron chi connectivity index (χ1n) is 10.2. The lowest BCUT2D eigenvalue weighted by Crippen LogP contribution is -2.38. The Morgan fingerprint density at radius 3 is 2.58 bits per heavy atom. The second kappa shape index (κ2) is 9.98. The molecule has 0 bridgehead atoms. The summed E-state index contributed by atoms with van der Waals surface area (Å²) in [5.74, 6) is -2.59. The van der Waals surface area contributed by atoms with Crippen molar-refractivity contribution < 1.29 is 21.9 Å². The van der Waals surface area contributed by atoms with Crippen LogP contribution in [-0.2, 0) is 10.0 Å². The lowest BCUT2D eigenvalue weighted by molar-refractivity contribution is 0.190. The smallest absolute Gasteiger partial charge is 0.267 e. The Balaban J connectivity index is 1.49. The van der Waals surface area contributed by atoms with Crippen molar-refractivity contribution >= 4 is 27.6 Å². The Hall–Kier alpha value is -2.82. The van der Waals surface area contributed by atoms with E-state index in [1.54, 1.807) is 0 Å². The zero-order valence-corrected chi connectivity index (χ0v) is 18.9. The third-order valence-corrected chi connectivity index (χ3v) is 7.02. The van der Waals surface area contributed by atoms with E-state index in [9.17, 15) is 17.2 Å². The van der Waals surface area contributed by atoms with E-state index in [4.69, 9.17) is 16.3 Å². The number of nitrogens with one attached hydrogen (secondary N) is 2. The number of anilines is 1. The minimum atomic E-state index is -4.43. The summed E-state index contributed by atoms with van der Waals surface area (Å²) in [6.45, 7) is 1.60. The summed E-state index contributed by atoms with van der Waals surface area (Å²) in [6.07, 6.45) is 3.49. The summed E-state index contributed by atoms with van der Waals surface area (Å²) >= 11 is 5.98. The van der Waals surface area contributed by atoms with Crippen molar-refractivity contribution in [2.45, 2.75) is 17.2 Å². The van der Waals surface area contributed by atoms with Gasteiger partial charge in [-0.05, 0) is 42.6 Å². The van der Waals surface area contributed by atoms with E-state index < -0.39 is 26.6 Å². The van der Waals surface area contributed by atoms with Crippen LogP contribution in [0, 0.1) is 17.6 Å². The van der Waals surface area contributed by atoms with E-state index in [0.717, 1.165) is 24.6 Å². The second-order valence-electron chi connectivity index (χ2n) is 7.61. The highest BCUT2D eigenvalue weighted by atomic mass is 35.5. The number of aromatic nitrogens is 2. The van der Waals surface area contributed by atoms with E-state index in [-0.39, 0.29) is 30.1 Å². The van der Waals surface area contributed by atoms with E-state index in [2.05, 4.69) is 15.3 Å². The van der Waals surface area contributed by atoms with Crippen LogP contribution in [0.4, 0.5) is 14.7 Å². The summed E-state index contributed by atoms with van der Waals surface area (Å²) in [5.41, 5.74) is 1.09. The third kappa shape index (κ3) is 5.58. The maximum absolute atomic E-state index is 14.7. The van der Waals surface area contributed by atoms with Crippen molar-refractivity contribution in [2.75, 3.05) is 24.4 Å². The Bertz CT molecular complexity index is 1210. The van der Waals surface area contributed by atoms with Crippen LogP contribution in [0.15, 0.2) is 59.8 Å². The number of nitrogens with zero attached hydrogens (tertiary/aromatic N) is 2. The number of halogens is 3. The second-order valence-corrected chi connectivity index (χ2v) is 9.70. The van der Waals surface area contributed by atoms with E-state index in [1.807, 2.05) is 29.0 Å². The minimum Gasteiger partial charge on any atom is -0.490 e. The highest BCUT2D eigenvalue weighted by molar-refractivity contribution is 7.92. The molecule has 4 rings (SSSR count). The quantitative estimate of drug-likeness (QED) is 0.516. The van der Waals surface area contributed by atoms with Crippen molar-refractivity contribution in [2.24, 2.45) is 5.92 Å². The standard InChI is InChI=1S/C22H21ClF2N4O3S/c23-16-4-2-14(3-5-16)17-6-9-26-12-15(17)13-32-20-10-19(25)21(11-18(20)24)33(30,31)29-22-27-7-1-8-28-22/h1-5,7-8,10-11,15,17,26H,6,9,12-13H2,(H,27,28,29). The molecule has 11 heteroatoms. The van der Waals surface area contributed by atoms with Gasteiger partial charge in [0, 0.05) is 42.0 Å². The molecule has 0 saturated carbocycles. The number of rotatable bonds is 7. The molecule has 1 aliphatic heterocycles. The van der Waals surface area contributed by atoms with Gasteiger partial charge in [0.25, 0.3) is 10.0 Å². The molecule has 1 aliphatic rings. The lowest BCUT2D eigenvalue weighted by Gasteiger charge is -2.32. The van der Waals surface area contributed by atoms with Crippen molar-refractivity contribution in [3.8, 4) is 5.75 Å². The van der Waals surface area contributed by atoms with E-state index in [1.165, 1.54) is 18.5 Å². The van der Waals surface area contributed by atoms with Gasteiger partial charge in [0.05, 0.1) is 6.61 Å². The Kier molecular flexibility index (Phi) is 7.06. The van der Waals surface area contributed by atoms with Gasteiger partial charge in [0.1, 0.15) is 10.7 Å². The summed E-state index contributed by atoms with van der Waals surface area (Å²) in [5, 5.41) is 3.93. The zero-order valence-electron chi connectivity index (χ0n) is 17.3. The fourth-order valence-electron chi connectivity index (χ4n) is 3.80. The van der Waals surface area contributed by atoms with Gasteiger partial charge in [-0.3, -0.25) is 0 Å². The lowest BCUT2D eigenvalue weighted by atomic mass is 9.81. The van der Waals surface area contributed by atoms with Crippen molar-refractivity contribution in [1.82, 2.24) is 15.3 Å². The monoisotopic (exact) mass is 494 g/mol. The van der Waals surface area contributed by atoms with Crippen LogP contribution in [-0.4, -0.2) is 38.1 Å². The summed E-state index contributed by atoms with van der Waals surface area (Å²) in [4.78, 5) is 6.58. The third-order valence-electron chi connectivity index (χ3n) is 5.43. The molecule has 33 heavy (non-hydrogen) atoms. The zero-order chi connectivity index (χ0) is 23.4. The molecule has 2 N–H and O–H groups in total. The molecular weight excluding hydrogens is 474 g/mol. The van der Waals surface area contributed by atoms with Gasteiger partial charge in [-0.2, -0.15) is 0 Å². The van der Waals surface area contributed by atoms with Crippen molar-refractivity contribution in [1.29, 1.82) is 0 Å². The van der Waals surface area contributed by atoms with Gasteiger partial charge in [-0.25, -0.2) is 31.9 Å². The summed E-state index contributed by atoms with van der Waals surface area (Å²) in [6, 6.07) is 10.4. The number of ether oxygens (including phenoxy) is 1. The topological polar surface area (TPSA) is 93.2 Å². The van der Waals surface area contributed by atoms with Crippen LogP contribution in [0.1, 0.15) is 17.9 Å². The fourth-order valence-corrected chi connectivity index (χ4v) is 4.95. The van der Waals surface area contributed by atoms with Crippen LogP contribution in [0.5, 0.6) is 5.75 Å². The summed E-state index contributed by atoms with van der Waals surface area (Å²) in [7, 11) is -4.43. The SMILES string of the molecule is O=S(=O)(Nc1ncccn1)c1cc(F)c(OCC2CNCCC2c2ccc(Cl)cc2)cc1F. The largest absolute Gasteiger partial charge is 0.490 e. The molecule has 2 unspecified atom stereocenters. The van der Waals surface area contributed by atoms with Gasteiger partial charge in [-0.15, -0.1) is 0 Å². The van der Waals surface area contributed by atoms with E-state index >= 15 is 0 Å². The van der Waals surface area contributed by atoms with Gasteiger partial charge >= 0.3 is 0 Å². The number of piperidine rings is 1. The minimum absolute atomic E-state index is 0.00249. The molecule has 174 valence electrons. The molecule has 1 saturated heterocycles. The number of benzene rings is 2. The Morgan fingerprint density at radius 2 is 1.85 bits per heavy atom. The number of hydrogen-bond donors (Lipinski definition) is 2. The molecule has 2 heterocycles. The maximum atomic E-state index is 14.7. The van der Waals surface area contributed by atoms with Crippen LogP contribution in [0.25, 0.3) is 0 Å². The molecule has 0 spiro atoms. The predicted molar refractivity (Wildman–Crippen MR) is 120 cm³/mol. The normalized spacial score (nSPS) is 18.6.